The van der Waals surface area contributed by atoms with Crippen molar-refractivity contribution < 1.29 is 14.7 Å². The Bertz CT molecular complexity index is 521. The van der Waals surface area contributed by atoms with Crippen molar-refractivity contribution in [3.05, 3.63) is 29.3 Å². The van der Waals surface area contributed by atoms with Crippen molar-refractivity contribution in [1.29, 1.82) is 0 Å². The maximum absolute atomic E-state index is 11.8. The summed E-state index contributed by atoms with van der Waals surface area (Å²) in [5, 5.41) is 14.6. The number of benzene rings is 1. The Hall–Kier alpha value is -2.04. The zero-order valence-corrected chi connectivity index (χ0v) is 11.1. The Morgan fingerprint density at radius 2 is 2.00 bits per heavy atom. The Morgan fingerprint density at radius 1 is 1.32 bits per heavy atom. The van der Waals surface area contributed by atoms with E-state index >= 15 is 0 Å². The maximum atomic E-state index is 11.8. The average molecular weight is 262 g/mol. The second-order valence-electron chi connectivity index (χ2n) is 5.33. The molecule has 0 radical (unpaired) electrons. The summed E-state index contributed by atoms with van der Waals surface area (Å²) in [6.07, 6.45) is 3.09. The minimum Gasteiger partial charge on any atom is -0.478 e. The van der Waals surface area contributed by atoms with E-state index in [9.17, 15) is 9.59 Å². The molecule has 5 nitrogen and oxygen atoms in total. The van der Waals surface area contributed by atoms with E-state index in [1.807, 2.05) is 6.92 Å². The quantitative estimate of drug-likeness (QED) is 0.783. The van der Waals surface area contributed by atoms with Gasteiger partial charge in [-0.15, -0.1) is 0 Å². The summed E-state index contributed by atoms with van der Waals surface area (Å²) >= 11 is 0. The number of aromatic carboxylic acids is 1. The highest BCUT2D eigenvalue weighted by molar-refractivity contribution is 5.94. The molecule has 1 saturated carbocycles. The fraction of sp³-hybridized carbons (Fsp3) is 0.429. The second-order valence-corrected chi connectivity index (χ2v) is 5.33. The molecule has 0 saturated heterocycles. The van der Waals surface area contributed by atoms with Crippen LogP contribution in [-0.4, -0.2) is 22.6 Å². The Morgan fingerprint density at radius 3 is 2.53 bits per heavy atom. The van der Waals surface area contributed by atoms with Crippen molar-refractivity contribution in [2.24, 2.45) is 0 Å². The topological polar surface area (TPSA) is 78.4 Å². The van der Waals surface area contributed by atoms with Crippen LogP contribution in [0.4, 0.5) is 10.5 Å². The molecule has 0 atom stereocenters. The third-order valence-corrected chi connectivity index (χ3v) is 3.60. The van der Waals surface area contributed by atoms with Gasteiger partial charge in [-0.2, -0.15) is 0 Å². The molecule has 102 valence electrons. The van der Waals surface area contributed by atoms with Crippen LogP contribution in [-0.2, 0) is 0 Å². The smallest absolute Gasteiger partial charge is 0.336 e. The molecular weight excluding hydrogens is 244 g/mol. The standard InChI is InChI=1S/C14H18N2O3/c1-9-4-5-10(8-11(9)12(17)18)15-13(19)16-14(2)6-3-7-14/h4-5,8H,3,6-7H2,1-2H3,(H,17,18)(H2,15,16,19). The van der Waals surface area contributed by atoms with Gasteiger partial charge in [-0.05, 0) is 50.8 Å². The molecule has 0 aliphatic heterocycles. The first kappa shape index (κ1) is 13.4. The lowest BCUT2D eigenvalue weighted by Crippen LogP contribution is -2.52. The van der Waals surface area contributed by atoms with Crippen molar-refractivity contribution in [1.82, 2.24) is 5.32 Å². The number of hydrogen-bond acceptors (Lipinski definition) is 2. The van der Waals surface area contributed by atoms with Crippen molar-refractivity contribution in [2.45, 2.75) is 38.6 Å². The summed E-state index contributed by atoms with van der Waals surface area (Å²) in [5.74, 6) is -0.993. The fourth-order valence-electron chi connectivity index (χ4n) is 2.20. The van der Waals surface area contributed by atoms with Crippen molar-refractivity contribution >= 4 is 17.7 Å². The molecule has 0 heterocycles. The summed E-state index contributed by atoms with van der Waals surface area (Å²) in [7, 11) is 0. The number of rotatable bonds is 3. The number of urea groups is 1. The molecule has 1 aliphatic rings. The molecule has 19 heavy (non-hydrogen) atoms. The molecule has 0 aromatic heterocycles. The number of carboxylic acid groups (broad SMARTS) is 1. The molecule has 2 amide bonds. The molecule has 0 unspecified atom stereocenters. The molecule has 2 rings (SSSR count). The first-order valence-corrected chi connectivity index (χ1v) is 6.33. The number of carbonyl (C=O) groups excluding carboxylic acids is 1. The number of nitrogens with one attached hydrogen (secondary N) is 2. The third kappa shape index (κ3) is 3.05. The van der Waals surface area contributed by atoms with Crippen molar-refractivity contribution in [3.8, 4) is 0 Å². The summed E-state index contributed by atoms with van der Waals surface area (Å²) in [6, 6.07) is 4.57. The number of aryl methyl sites for hydroxylation is 1. The van der Waals surface area contributed by atoms with E-state index in [-0.39, 0.29) is 17.1 Å². The number of carboxylic acids is 1. The first-order valence-electron chi connectivity index (χ1n) is 6.33. The van der Waals surface area contributed by atoms with E-state index in [0.717, 1.165) is 19.3 Å². The monoisotopic (exact) mass is 262 g/mol. The van der Waals surface area contributed by atoms with Gasteiger partial charge in [0.1, 0.15) is 0 Å². The van der Waals surface area contributed by atoms with Gasteiger partial charge in [-0.1, -0.05) is 6.07 Å². The van der Waals surface area contributed by atoms with Crippen LogP contribution < -0.4 is 10.6 Å². The lowest BCUT2D eigenvalue weighted by atomic mass is 9.79. The Balaban J connectivity index is 2.04. The largest absolute Gasteiger partial charge is 0.478 e. The van der Waals surface area contributed by atoms with Gasteiger partial charge in [0.15, 0.2) is 0 Å². The number of carbonyl (C=O) groups is 2. The highest BCUT2D eigenvalue weighted by Gasteiger charge is 2.33. The Labute approximate surface area is 112 Å². The molecule has 1 aromatic carbocycles. The predicted molar refractivity (Wildman–Crippen MR) is 72.5 cm³/mol. The van der Waals surface area contributed by atoms with E-state index in [1.165, 1.54) is 6.07 Å². The molecule has 0 bridgehead atoms. The van der Waals surface area contributed by atoms with Gasteiger partial charge in [0.2, 0.25) is 0 Å². The first-order chi connectivity index (χ1) is 8.89. The number of anilines is 1. The van der Waals surface area contributed by atoms with Crippen LogP contribution in [0.15, 0.2) is 18.2 Å². The van der Waals surface area contributed by atoms with Crippen molar-refractivity contribution in [2.75, 3.05) is 5.32 Å². The van der Waals surface area contributed by atoms with E-state index in [4.69, 9.17) is 5.11 Å². The zero-order chi connectivity index (χ0) is 14.0. The highest BCUT2D eigenvalue weighted by Crippen LogP contribution is 2.30. The van der Waals surface area contributed by atoms with Gasteiger partial charge in [-0.3, -0.25) is 0 Å². The lowest BCUT2D eigenvalue weighted by molar-refractivity contribution is 0.0696. The fourth-order valence-corrected chi connectivity index (χ4v) is 2.20. The van der Waals surface area contributed by atoms with Gasteiger partial charge < -0.3 is 15.7 Å². The SMILES string of the molecule is Cc1ccc(NC(=O)NC2(C)CCC2)cc1C(=O)O. The minimum absolute atomic E-state index is 0.121. The van der Waals surface area contributed by atoms with Crippen LogP contribution in [0.1, 0.15) is 42.1 Å². The molecule has 3 N–H and O–H groups in total. The van der Waals surface area contributed by atoms with E-state index < -0.39 is 5.97 Å². The molecule has 1 fully saturated rings. The Kier molecular flexibility index (Phi) is 3.46. The third-order valence-electron chi connectivity index (χ3n) is 3.60. The van der Waals surface area contributed by atoms with Gasteiger partial charge in [0.05, 0.1) is 5.56 Å². The second kappa shape index (κ2) is 4.91. The van der Waals surface area contributed by atoms with Crippen LogP contribution in [0.5, 0.6) is 0 Å². The molecule has 1 aliphatic carbocycles. The highest BCUT2D eigenvalue weighted by atomic mass is 16.4. The van der Waals surface area contributed by atoms with Crippen molar-refractivity contribution in [3.63, 3.8) is 0 Å². The summed E-state index contributed by atoms with van der Waals surface area (Å²) in [4.78, 5) is 22.8. The van der Waals surface area contributed by atoms with Crippen LogP contribution in [0.25, 0.3) is 0 Å². The molecule has 0 spiro atoms. The van der Waals surface area contributed by atoms with Gasteiger partial charge in [-0.25, -0.2) is 9.59 Å². The normalized spacial score (nSPS) is 16.3. The minimum atomic E-state index is -0.993. The van der Waals surface area contributed by atoms with E-state index in [2.05, 4.69) is 10.6 Å². The molecular formula is C14H18N2O3. The van der Waals surface area contributed by atoms with Gasteiger partial charge in [0, 0.05) is 11.2 Å². The summed E-state index contributed by atoms with van der Waals surface area (Å²) in [6.45, 7) is 3.73. The van der Waals surface area contributed by atoms with Gasteiger partial charge in [0.25, 0.3) is 0 Å². The van der Waals surface area contributed by atoms with E-state index in [1.54, 1.807) is 19.1 Å². The summed E-state index contributed by atoms with van der Waals surface area (Å²) in [5.41, 5.74) is 1.24. The predicted octanol–water partition coefficient (Wildman–Crippen LogP) is 2.76. The zero-order valence-electron chi connectivity index (χ0n) is 11.1. The van der Waals surface area contributed by atoms with Gasteiger partial charge >= 0.3 is 12.0 Å². The van der Waals surface area contributed by atoms with Crippen LogP contribution in [0.3, 0.4) is 0 Å². The number of hydrogen-bond donors (Lipinski definition) is 3. The molecule has 5 heteroatoms. The lowest BCUT2D eigenvalue weighted by Gasteiger charge is -2.39. The summed E-state index contributed by atoms with van der Waals surface area (Å²) < 4.78 is 0. The van der Waals surface area contributed by atoms with Crippen LogP contribution >= 0.6 is 0 Å². The average Bonchev–Trinajstić information content (AvgIpc) is 2.29. The van der Waals surface area contributed by atoms with E-state index in [0.29, 0.717) is 11.3 Å². The number of amides is 2. The maximum Gasteiger partial charge on any atom is 0.336 e. The van der Waals surface area contributed by atoms with Crippen LogP contribution in [0, 0.1) is 6.92 Å². The van der Waals surface area contributed by atoms with Crippen LogP contribution in [0.2, 0.25) is 0 Å². The molecule has 1 aromatic rings.